The van der Waals surface area contributed by atoms with Crippen molar-refractivity contribution in [1.82, 2.24) is 0 Å². The average Bonchev–Trinajstić information content (AvgIpc) is 3.38. The van der Waals surface area contributed by atoms with E-state index in [1.807, 2.05) is 0 Å². The third kappa shape index (κ3) is 4.07. The summed E-state index contributed by atoms with van der Waals surface area (Å²) in [5.41, 5.74) is 21.1. The Morgan fingerprint density at radius 1 is 0.368 bits per heavy atom. The quantitative estimate of drug-likeness (QED) is 0.123. The maximum atomic E-state index is 4.11. The van der Waals surface area contributed by atoms with Crippen molar-refractivity contribution in [2.45, 2.75) is 39.3 Å². The van der Waals surface area contributed by atoms with Crippen LogP contribution in [0.4, 0.5) is 0 Å². The Hall–Kier alpha value is -3.65. The molecule has 6 rings (SSSR count). The molecular weight excluding hydrogens is 489 g/mol. The predicted molar refractivity (Wildman–Crippen MR) is 170 cm³/mol. The molecule has 0 unspecified atom stereocenters. The minimum Gasteiger partial charge on any atom is -0.112 e. The summed E-state index contributed by atoms with van der Waals surface area (Å²) in [6.45, 7) is 14.8. The molecule has 38 heavy (non-hydrogen) atoms. The van der Waals surface area contributed by atoms with Crippen LogP contribution in [-0.2, 0) is 0 Å². The lowest BCUT2D eigenvalue weighted by Gasteiger charge is -2.28. The molecule has 186 valence electrons. The van der Waals surface area contributed by atoms with Gasteiger partial charge in [-0.1, -0.05) is 136 Å². The first-order valence-electron chi connectivity index (χ1n) is 13.6. The van der Waals surface area contributed by atoms with Crippen molar-refractivity contribution in [3.8, 4) is 22.3 Å². The maximum absolute atomic E-state index is 4.11. The molecule has 0 spiro atoms. The Morgan fingerprint density at radius 3 is 0.789 bits per heavy atom. The van der Waals surface area contributed by atoms with Crippen LogP contribution in [0, 0.1) is 0 Å². The fraction of sp³-hybridized carbons (Fsp3) is 0.167. The molecule has 0 bridgehead atoms. The number of hydrogen-bond acceptors (Lipinski definition) is 0. The molecule has 0 amide bonds. The van der Waals surface area contributed by atoms with Crippen LogP contribution in [0.5, 0.6) is 0 Å². The molecule has 0 heterocycles. The highest BCUT2D eigenvalue weighted by Crippen LogP contribution is 2.46. The Morgan fingerprint density at radius 2 is 0.579 bits per heavy atom. The topological polar surface area (TPSA) is 0 Å². The summed E-state index contributed by atoms with van der Waals surface area (Å²) in [6.07, 6.45) is 0. The molecule has 2 aliphatic carbocycles. The second-order valence-electron chi connectivity index (χ2n) is 12.4. The first-order chi connectivity index (χ1) is 18.1. The molecule has 4 aromatic rings. The lowest BCUT2D eigenvalue weighted by Crippen LogP contribution is -2.34. The zero-order chi connectivity index (χ0) is 26.7. The van der Waals surface area contributed by atoms with Crippen molar-refractivity contribution in [3.63, 3.8) is 0 Å². The van der Waals surface area contributed by atoms with Gasteiger partial charge in [0.05, 0.1) is 16.1 Å². The van der Waals surface area contributed by atoms with E-state index in [1.165, 1.54) is 66.0 Å². The van der Waals surface area contributed by atoms with Crippen LogP contribution in [0.2, 0.25) is 39.3 Å². The summed E-state index contributed by atoms with van der Waals surface area (Å²) >= 11 is 0. The van der Waals surface area contributed by atoms with Gasteiger partial charge in [-0.2, -0.15) is 0 Å². The fourth-order valence-corrected chi connectivity index (χ4v) is 10.7. The molecule has 2 aliphatic rings. The molecule has 0 aliphatic heterocycles. The fourth-order valence-electron chi connectivity index (χ4n) is 5.80. The summed E-state index contributed by atoms with van der Waals surface area (Å²) in [4.78, 5) is 0. The second kappa shape index (κ2) is 8.98. The van der Waals surface area contributed by atoms with E-state index >= 15 is 0 Å². The summed E-state index contributed by atoms with van der Waals surface area (Å²) in [6, 6.07) is 35.3. The summed E-state index contributed by atoms with van der Waals surface area (Å²) < 4.78 is 0. The van der Waals surface area contributed by atoms with Gasteiger partial charge in [-0.25, -0.2) is 0 Å². The van der Waals surface area contributed by atoms with Crippen LogP contribution in [0.15, 0.2) is 119 Å². The second-order valence-corrected chi connectivity index (χ2v) is 22.4. The van der Waals surface area contributed by atoms with Crippen LogP contribution in [0.25, 0.3) is 33.4 Å². The smallest absolute Gasteiger partial charge is 0.0882 e. The molecule has 2 heteroatoms. The monoisotopic (exact) mass is 522 g/mol. The third-order valence-electron chi connectivity index (χ3n) is 7.62. The molecule has 0 radical (unpaired) electrons. The molecule has 0 nitrogen and oxygen atoms in total. The third-order valence-corrected chi connectivity index (χ3v) is 11.6. The van der Waals surface area contributed by atoms with Crippen molar-refractivity contribution < 1.29 is 0 Å². The van der Waals surface area contributed by atoms with Crippen molar-refractivity contribution in [1.29, 1.82) is 0 Å². The van der Waals surface area contributed by atoms with E-state index in [1.54, 1.807) is 0 Å². The number of hydrogen-bond donors (Lipinski definition) is 0. The summed E-state index contributed by atoms with van der Waals surface area (Å²) in [7, 11) is -3.64. The Labute approximate surface area is 229 Å². The highest BCUT2D eigenvalue weighted by Gasteiger charge is 2.33. The van der Waals surface area contributed by atoms with Crippen molar-refractivity contribution in [2.75, 3.05) is 0 Å². The highest BCUT2D eigenvalue weighted by atomic mass is 28.3. The molecular formula is C36H34Si2. The van der Waals surface area contributed by atoms with Gasteiger partial charge in [0.25, 0.3) is 0 Å². The van der Waals surface area contributed by atoms with Crippen molar-refractivity contribution >= 4 is 27.3 Å². The SMILES string of the molecule is C[Si](C)(C)C(=C=C1c2ccccc2-c2ccccc21)C(=C=C1c2ccccc2-c2ccccc21)[Si](C)(C)C. The van der Waals surface area contributed by atoms with Gasteiger partial charge in [0.1, 0.15) is 0 Å². The Bertz CT molecular complexity index is 1510. The van der Waals surface area contributed by atoms with Gasteiger partial charge in [-0.3, -0.25) is 0 Å². The van der Waals surface area contributed by atoms with Gasteiger partial charge in [0.15, 0.2) is 0 Å². The minimum absolute atomic E-state index is 1.24. The summed E-state index contributed by atoms with van der Waals surface area (Å²) in [5, 5.41) is 2.82. The van der Waals surface area contributed by atoms with E-state index in [2.05, 4.69) is 148 Å². The molecule has 0 saturated heterocycles. The van der Waals surface area contributed by atoms with Gasteiger partial charge >= 0.3 is 0 Å². The minimum atomic E-state index is -1.82. The number of fused-ring (bicyclic) bond motifs is 6. The van der Waals surface area contributed by atoms with E-state index in [0.29, 0.717) is 0 Å². The van der Waals surface area contributed by atoms with Gasteiger partial charge in [0, 0.05) is 11.1 Å². The van der Waals surface area contributed by atoms with Crippen LogP contribution < -0.4 is 0 Å². The molecule has 0 atom stereocenters. The van der Waals surface area contributed by atoms with E-state index in [4.69, 9.17) is 0 Å². The average molecular weight is 523 g/mol. The van der Waals surface area contributed by atoms with Gasteiger partial charge in [-0.15, -0.1) is 11.5 Å². The van der Waals surface area contributed by atoms with E-state index in [0.717, 1.165) is 0 Å². The first-order valence-corrected chi connectivity index (χ1v) is 20.6. The molecule has 0 fully saturated rings. The number of allylic oxidation sites excluding steroid dienone is 2. The van der Waals surface area contributed by atoms with Crippen molar-refractivity contribution in [2.24, 2.45) is 0 Å². The zero-order valence-corrected chi connectivity index (χ0v) is 25.2. The largest absolute Gasteiger partial charge is 0.112 e. The lowest BCUT2D eigenvalue weighted by molar-refractivity contribution is 1.55. The van der Waals surface area contributed by atoms with Crippen LogP contribution >= 0.6 is 0 Å². The number of benzene rings is 4. The predicted octanol–water partition coefficient (Wildman–Crippen LogP) is 10.0. The molecule has 0 N–H and O–H groups in total. The van der Waals surface area contributed by atoms with Crippen LogP contribution in [0.1, 0.15) is 22.3 Å². The van der Waals surface area contributed by atoms with E-state index < -0.39 is 16.1 Å². The zero-order valence-electron chi connectivity index (χ0n) is 23.2. The Kier molecular flexibility index (Phi) is 5.83. The van der Waals surface area contributed by atoms with Crippen LogP contribution in [0.3, 0.4) is 0 Å². The van der Waals surface area contributed by atoms with Gasteiger partial charge in [0.2, 0.25) is 0 Å². The number of rotatable bonds is 3. The van der Waals surface area contributed by atoms with Gasteiger partial charge < -0.3 is 0 Å². The van der Waals surface area contributed by atoms with E-state index in [9.17, 15) is 0 Å². The van der Waals surface area contributed by atoms with Crippen molar-refractivity contribution in [3.05, 3.63) is 141 Å². The summed E-state index contributed by atoms with van der Waals surface area (Å²) in [5.74, 6) is 0. The first kappa shape index (κ1) is 24.7. The standard InChI is InChI=1S/C36H34Si2/c1-37(2,3)35(23-33-29-19-11-7-15-25(29)26-16-8-12-20-30(26)33)36(38(4,5)6)24-34-31-21-13-9-17-27(31)28-18-10-14-22-32(28)34/h7-22H,1-6H3. The maximum Gasteiger partial charge on any atom is 0.0882 e. The molecule has 0 aromatic heterocycles. The van der Waals surface area contributed by atoms with Gasteiger partial charge in [-0.05, 0) is 54.9 Å². The lowest BCUT2D eigenvalue weighted by atomic mass is 10.0. The van der Waals surface area contributed by atoms with E-state index in [-0.39, 0.29) is 0 Å². The van der Waals surface area contributed by atoms with Crippen LogP contribution in [-0.4, -0.2) is 16.1 Å². The Balaban J connectivity index is 1.75. The highest BCUT2D eigenvalue weighted by molar-refractivity contribution is 6.92. The normalized spacial score (nSPS) is 13.2. The molecule has 4 aromatic carbocycles. The molecule has 0 saturated carbocycles.